The Morgan fingerprint density at radius 2 is 0.865 bits per heavy atom. The summed E-state index contributed by atoms with van der Waals surface area (Å²) in [6, 6.07) is 63.7. The lowest BCUT2D eigenvalue weighted by molar-refractivity contribution is 0.670. The van der Waals surface area contributed by atoms with Gasteiger partial charge >= 0.3 is 0 Å². The van der Waals surface area contributed by atoms with Crippen LogP contribution in [0.1, 0.15) is 0 Å². The van der Waals surface area contributed by atoms with Crippen molar-refractivity contribution < 1.29 is 4.42 Å². The highest BCUT2D eigenvalue weighted by molar-refractivity contribution is 7.26. The molecule has 2 nitrogen and oxygen atoms in total. The molecule has 0 unspecified atom stereocenters. The van der Waals surface area contributed by atoms with E-state index in [0.29, 0.717) is 0 Å². The third-order valence-corrected chi connectivity index (χ3v) is 12.6. The summed E-state index contributed by atoms with van der Waals surface area (Å²) in [5.41, 5.74) is 9.91. The molecule has 244 valence electrons. The number of fused-ring (bicyclic) bond motifs is 9. The number of furan rings is 1. The maximum atomic E-state index is 6.42. The van der Waals surface area contributed by atoms with Crippen molar-refractivity contribution in [2.45, 2.75) is 0 Å². The third kappa shape index (κ3) is 4.55. The molecule has 0 spiro atoms. The molecule has 8 aromatic carbocycles. The number of thiophene rings is 2. The van der Waals surface area contributed by atoms with E-state index in [4.69, 9.17) is 4.42 Å². The Bertz CT molecular complexity index is 3130. The molecule has 0 saturated carbocycles. The minimum atomic E-state index is 0.913. The summed E-state index contributed by atoms with van der Waals surface area (Å²) in [6.45, 7) is 0. The van der Waals surface area contributed by atoms with Crippen molar-refractivity contribution in [2.75, 3.05) is 4.90 Å². The van der Waals surface area contributed by atoms with E-state index in [2.05, 4.69) is 169 Å². The van der Waals surface area contributed by atoms with Gasteiger partial charge in [-0.15, -0.1) is 22.7 Å². The quantitative estimate of drug-likeness (QED) is 0.178. The third-order valence-electron chi connectivity index (χ3n) is 10.3. The van der Waals surface area contributed by atoms with Crippen LogP contribution < -0.4 is 4.90 Å². The smallest absolute Gasteiger partial charge is 0.143 e. The number of hydrogen-bond acceptors (Lipinski definition) is 4. The van der Waals surface area contributed by atoms with Gasteiger partial charge in [0.2, 0.25) is 0 Å². The normalized spacial score (nSPS) is 11.8. The van der Waals surface area contributed by atoms with Crippen LogP contribution in [-0.2, 0) is 0 Å². The molecule has 0 radical (unpaired) electrons. The maximum Gasteiger partial charge on any atom is 0.143 e. The Morgan fingerprint density at radius 1 is 0.365 bits per heavy atom. The van der Waals surface area contributed by atoms with Gasteiger partial charge in [0.05, 0.1) is 5.69 Å². The summed E-state index contributed by atoms with van der Waals surface area (Å²) < 4.78 is 11.6. The van der Waals surface area contributed by atoms with E-state index < -0.39 is 0 Å². The van der Waals surface area contributed by atoms with E-state index >= 15 is 0 Å². The number of nitrogens with zero attached hydrogens (tertiary/aromatic N) is 1. The zero-order valence-electron chi connectivity index (χ0n) is 27.9. The van der Waals surface area contributed by atoms with Crippen molar-refractivity contribution in [3.05, 3.63) is 176 Å². The standard InChI is InChI=1S/C48H29NOS2/c1-4-17-41-36(10-1)37-15-7-14-35(48(37)50-41)31-24-28-33(29-25-31)49(40-16-9-21-45-47(40)39-12-3-6-19-43(39)52-45)32-26-22-30(23-27-32)34-13-8-20-44-46(34)38-11-2-5-18-42(38)51-44/h1-29H. The molecule has 0 aliphatic rings. The highest BCUT2D eigenvalue weighted by atomic mass is 32.1. The van der Waals surface area contributed by atoms with Crippen molar-refractivity contribution in [1.29, 1.82) is 0 Å². The Labute approximate surface area is 308 Å². The lowest BCUT2D eigenvalue weighted by Gasteiger charge is -2.27. The highest BCUT2D eigenvalue weighted by Gasteiger charge is 2.20. The summed E-state index contributed by atoms with van der Waals surface area (Å²) in [6.07, 6.45) is 0. The fraction of sp³-hybridized carbons (Fsp3) is 0. The minimum Gasteiger partial charge on any atom is -0.455 e. The van der Waals surface area contributed by atoms with E-state index in [9.17, 15) is 0 Å². The van der Waals surface area contributed by atoms with E-state index in [1.165, 1.54) is 57.2 Å². The SMILES string of the molecule is c1ccc2c(c1)oc1c(-c3ccc(N(c4ccc(-c5cccc6sc7ccccc7c56)cc4)c4cccc5sc6ccccc6c45)cc3)cccc12. The van der Waals surface area contributed by atoms with Gasteiger partial charge < -0.3 is 9.32 Å². The molecule has 0 amide bonds. The average molecular weight is 700 g/mol. The van der Waals surface area contributed by atoms with Gasteiger partial charge in [-0.2, -0.15) is 0 Å². The number of hydrogen-bond donors (Lipinski definition) is 0. The molecule has 0 bridgehead atoms. The zero-order chi connectivity index (χ0) is 34.2. The molecule has 3 aromatic heterocycles. The summed E-state index contributed by atoms with van der Waals surface area (Å²) in [5, 5.41) is 7.49. The topological polar surface area (TPSA) is 16.4 Å². The summed E-state index contributed by atoms with van der Waals surface area (Å²) in [7, 11) is 0. The van der Waals surface area contributed by atoms with Crippen LogP contribution in [0.2, 0.25) is 0 Å². The van der Waals surface area contributed by atoms with Gasteiger partial charge in [0.1, 0.15) is 11.2 Å². The summed E-state index contributed by atoms with van der Waals surface area (Å²) in [5.74, 6) is 0. The fourth-order valence-corrected chi connectivity index (χ4v) is 10.2. The molecular weight excluding hydrogens is 671 g/mol. The van der Waals surface area contributed by atoms with Gasteiger partial charge in [0.25, 0.3) is 0 Å². The first-order chi connectivity index (χ1) is 25.8. The number of anilines is 3. The molecule has 0 atom stereocenters. The molecule has 4 heteroatoms. The molecule has 3 heterocycles. The van der Waals surface area contributed by atoms with Gasteiger partial charge in [-0.25, -0.2) is 0 Å². The van der Waals surface area contributed by atoms with Crippen LogP contribution in [0.25, 0.3) is 84.5 Å². The molecule has 0 saturated heterocycles. The van der Waals surface area contributed by atoms with Crippen molar-refractivity contribution in [3.63, 3.8) is 0 Å². The molecule has 0 N–H and O–H groups in total. The van der Waals surface area contributed by atoms with Crippen molar-refractivity contribution >= 4 is 102 Å². The van der Waals surface area contributed by atoms with Gasteiger partial charge in [0.15, 0.2) is 0 Å². The van der Waals surface area contributed by atoms with Gasteiger partial charge in [-0.3, -0.25) is 0 Å². The molecule has 0 aliphatic carbocycles. The molecule has 0 aliphatic heterocycles. The van der Waals surface area contributed by atoms with Crippen LogP contribution >= 0.6 is 22.7 Å². The summed E-state index contributed by atoms with van der Waals surface area (Å²) >= 11 is 3.72. The van der Waals surface area contributed by atoms with Gasteiger partial charge in [0, 0.05) is 68.1 Å². The number of benzene rings is 8. The van der Waals surface area contributed by atoms with Crippen molar-refractivity contribution in [3.8, 4) is 22.3 Å². The largest absolute Gasteiger partial charge is 0.455 e. The predicted octanol–water partition coefficient (Wildman–Crippen LogP) is 15.1. The second-order valence-corrected chi connectivity index (χ2v) is 15.4. The molecule has 0 fully saturated rings. The van der Waals surface area contributed by atoms with Crippen molar-refractivity contribution in [1.82, 2.24) is 0 Å². The maximum absolute atomic E-state index is 6.42. The van der Waals surface area contributed by atoms with Crippen LogP contribution in [0.15, 0.2) is 180 Å². The van der Waals surface area contributed by atoms with Crippen LogP contribution in [-0.4, -0.2) is 0 Å². The van der Waals surface area contributed by atoms with Crippen LogP contribution in [0.4, 0.5) is 17.1 Å². The highest BCUT2D eigenvalue weighted by Crippen LogP contribution is 2.46. The van der Waals surface area contributed by atoms with Crippen LogP contribution in [0, 0.1) is 0 Å². The van der Waals surface area contributed by atoms with E-state index in [0.717, 1.165) is 44.4 Å². The Balaban J connectivity index is 1.07. The monoisotopic (exact) mass is 699 g/mol. The Morgan fingerprint density at radius 3 is 1.58 bits per heavy atom. The second kappa shape index (κ2) is 11.7. The van der Waals surface area contributed by atoms with Gasteiger partial charge in [-0.1, -0.05) is 115 Å². The first kappa shape index (κ1) is 29.5. The van der Waals surface area contributed by atoms with Crippen LogP contribution in [0.3, 0.4) is 0 Å². The first-order valence-electron chi connectivity index (χ1n) is 17.5. The lowest BCUT2D eigenvalue weighted by Crippen LogP contribution is -2.10. The number of rotatable bonds is 5. The second-order valence-electron chi connectivity index (χ2n) is 13.2. The molecule has 11 aromatic rings. The molecule has 11 rings (SSSR count). The van der Waals surface area contributed by atoms with E-state index in [-0.39, 0.29) is 0 Å². The first-order valence-corrected chi connectivity index (χ1v) is 19.1. The van der Waals surface area contributed by atoms with Crippen LogP contribution in [0.5, 0.6) is 0 Å². The lowest BCUT2D eigenvalue weighted by atomic mass is 9.98. The Hall–Kier alpha value is -6.20. The minimum absolute atomic E-state index is 0.913. The van der Waals surface area contributed by atoms with Crippen molar-refractivity contribution in [2.24, 2.45) is 0 Å². The predicted molar refractivity (Wildman–Crippen MR) is 225 cm³/mol. The number of para-hydroxylation sites is 2. The molecule has 52 heavy (non-hydrogen) atoms. The van der Waals surface area contributed by atoms with Gasteiger partial charge in [-0.05, 0) is 77.4 Å². The Kier molecular flexibility index (Phi) is 6.63. The average Bonchev–Trinajstić information content (AvgIpc) is 3.90. The zero-order valence-corrected chi connectivity index (χ0v) is 29.5. The molecular formula is C48H29NOS2. The summed E-state index contributed by atoms with van der Waals surface area (Å²) in [4.78, 5) is 2.41. The van der Waals surface area contributed by atoms with E-state index in [1.54, 1.807) is 0 Å². The fourth-order valence-electron chi connectivity index (χ4n) is 7.94. The van der Waals surface area contributed by atoms with E-state index in [1.807, 2.05) is 34.8 Å².